The average molecular weight is 472 g/mol. The lowest BCUT2D eigenvalue weighted by Gasteiger charge is -2.16. The molecule has 5 nitrogen and oxygen atoms in total. The minimum absolute atomic E-state index is 0. The van der Waals surface area contributed by atoms with Crippen LogP contribution in [0.2, 0.25) is 0 Å². The van der Waals surface area contributed by atoms with E-state index < -0.39 is 0 Å². The molecule has 2 aromatic rings. The van der Waals surface area contributed by atoms with Gasteiger partial charge in [0.05, 0.1) is 12.2 Å². The van der Waals surface area contributed by atoms with Crippen molar-refractivity contribution in [3.05, 3.63) is 42.3 Å². The smallest absolute Gasteiger partial charge is 0.226 e. The Balaban J connectivity index is 0.00000225. The molecule has 1 fully saturated rings. The number of hydrogen-bond donors (Lipinski definition) is 2. The van der Waals surface area contributed by atoms with Crippen molar-refractivity contribution in [3.63, 3.8) is 0 Å². The van der Waals surface area contributed by atoms with Crippen LogP contribution in [0.4, 0.5) is 0 Å². The summed E-state index contributed by atoms with van der Waals surface area (Å²) >= 11 is 1.96. The molecule has 0 aliphatic heterocycles. The minimum atomic E-state index is 0. The van der Waals surface area contributed by atoms with E-state index in [0.717, 1.165) is 22.5 Å². The summed E-state index contributed by atoms with van der Waals surface area (Å²) in [5.41, 5.74) is 1.85. The molecular weight excluding hydrogens is 447 g/mol. The lowest BCUT2D eigenvalue weighted by atomic mass is 10.2. The third kappa shape index (κ3) is 5.64. The van der Waals surface area contributed by atoms with Gasteiger partial charge in [0.1, 0.15) is 6.26 Å². The van der Waals surface area contributed by atoms with E-state index in [0.29, 0.717) is 18.5 Å². The van der Waals surface area contributed by atoms with Crippen molar-refractivity contribution >= 4 is 41.7 Å². The molecule has 25 heavy (non-hydrogen) atoms. The van der Waals surface area contributed by atoms with E-state index in [-0.39, 0.29) is 24.0 Å². The summed E-state index contributed by atoms with van der Waals surface area (Å²) in [7, 11) is 1.80. The van der Waals surface area contributed by atoms with E-state index in [2.05, 4.69) is 26.9 Å². The van der Waals surface area contributed by atoms with E-state index in [1.165, 1.54) is 19.3 Å². The van der Waals surface area contributed by atoms with Gasteiger partial charge in [0, 0.05) is 23.9 Å². The number of hydrogen-bond acceptors (Lipinski definition) is 4. The maximum absolute atomic E-state index is 5.56. The number of oxazole rings is 1. The maximum Gasteiger partial charge on any atom is 0.226 e. The summed E-state index contributed by atoms with van der Waals surface area (Å²) < 4.78 is 5.56. The van der Waals surface area contributed by atoms with Crippen LogP contribution in [0.3, 0.4) is 0 Å². The van der Waals surface area contributed by atoms with E-state index >= 15 is 0 Å². The Morgan fingerprint density at radius 2 is 2.12 bits per heavy atom. The van der Waals surface area contributed by atoms with Crippen molar-refractivity contribution in [3.8, 4) is 11.5 Å². The fourth-order valence-corrected chi connectivity index (χ4v) is 3.75. The van der Waals surface area contributed by atoms with Gasteiger partial charge in [-0.15, -0.1) is 24.0 Å². The molecule has 1 heterocycles. The van der Waals surface area contributed by atoms with Gasteiger partial charge in [-0.2, -0.15) is 11.8 Å². The van der Waals surface area contributed by atoms with Crippen LogP contribution >= 0.6 is 35.7 Å². The molecule has 2 unspecified atom stereocenters. The van der Waals surface area contributed by atoms with Crippen LogP contribution in [-0.2, 0) is 6.54 Å². The maximum atomic E-state index is 5.56. The van der Waals surface area contributed by atoms with Crippen LogP contribution in [0.15, 0.2) is 46.0 Å². The highest BCUT2D eigenvalue weighted by atomic mass is 127. The van der Waals surface area contributed by atoms with Gasteiger partial charge in [0.2, 0.25) is 5.89 Å². The molecule has 1 aliphatic carbocycles. The zero-order valence-corrected chi connectivity index (χ0v) is 17.7. The summed E-state index contributed by atoms with van der Waals surface area (Å²) in [4.78, 5) is 8.84. The molecule has 3 rings (SSSR count). The van der Waals surface area contributed by atoms with Crippen LogP contribution in [0.25, 0.3) is 11.5 Å². The van der Waals surface area contributed by atoms with Crippen LogP contribution in [-0.4, -0.2) is 35.5 Å². The molecule has 1 aromatic carbocycles. The molecule has 2 N–H and O–H groups in total. The van der Waals surface area contributed by atoms with E-state index in [9.17, 15) is 0 Å². The van der Waals surface area contributed by atoms with Crippen molar-refractivity contribution in [2.45, 2.75) is 37.1 Å². The molecule has 0 radical (unpaired) electrons. The van der Waals surface area contributed by atoms with Gasteiger partial charge >= 0.3 is 0 Å². The molecule has 0 bridgehead atoms. The van der Waals surface area contributed by atoms with Gasteiger partial charge in [-0.3, -0.25) is 4.99 Å². The van der Waals surface area contributed by atoms with E-state index in [1.807, 2.05) is 42.1 Å². The summed E-state index contributed by atoms with van der Waals surface area (Å²) in [5, 5.41) is 7.59. The number of benzene rings is 1. The zero-order valence-electron chi connectivity index (χ0n) is 14.6. The fourth-order valence-electron chi connectivity index (χ4n) is 2.95. The Hall–Kier alpha value is -1.22. The van der Waals surface area contributed by atoms with E-state index in [4.69, 9.17) is 4.42 Å². The molecule has 0 saturated heterocycles. The first-order chi connectivity index (χ1) is 11.8. The second kappa shape index (κ2) is 10.1. The molecule has 0 amide bonds. The summed E-state index contributed by atoms with van der Waals surface area (Å²) in [6.07, 6.45) is 7.56. The van der Waals surface area contributed by atoms with Crippen molar-refractivity contribution in [1.82, 2.24) is 15.6 Å². The van der Waals surface area contributed by atoms with Crippen LogP contribution < -0.4 is 10.6 Å². The van der Waals surface area contributed by atoms with Gasteiger partial charge in [-0.05, 0) is 37.7 Å². The summed E-state index contributed by atoms with van der Waals surface area (Å²) in [6.45, 7) is 0.592. The number of nitrogens with zero attached hydrogens (tertiary/aromatic N) is 2. The van der Waals surface area contributed by atoms with E-state index in [1.54, 1.807) is 13.3 Å². The van der Waals surface area contributed by atoms with Crippen LogP contribution in [0, 0.1) is 0 Å². The monoisotopic (exact) mass is 472 g/mol. The number of nitrogens with one attached hydrogen (secondary N) is 2. The van der Waals surface area contributed by atoms with Crippen LogP contribution in [0.1, 0.15) is 25.0 Å². The molecule has 7 heteroatoms. The van der Waals surface area contributed by atoms with Gasteiger partial charge in [0.25, 0.3) is 0 Å². The molecule has 136 valence electrons. The molecule has 1 aliphatic rings. The number of thioether (sulfide) groups is 1. The normalized spacial score (nSPS) is 20.2. The topological polar surface area (TPSA) is 62.5 Å². The Labute approximate surface area is 170 Å². The second-order valence-electron chi connectivity index (χ2n) is 5.95. The lowest BCUT2D eigenvalue weighted by Crippen LogP contribution is -2.42. The highest BCUT2D eigenvalue weighted by molar-refractivity contribution is 14.0. The minimum Gasteiger partial charge on any atom is -0.444 e. The highest BCUT2D eigenvalue weighted by Gasteiger charge is 2.24. The molecule has 1 aromatic heterocycles. The quantitative estimate of drug-likeness (QED) is 0.393. The fraction of sp³-hybridized carbons (Fsp3) is 0.444. The molecular formula is C18H25IN4OS. The third-order valence-electron chi connectivity index (χ3n) is 4.29. The van der Waals surface area contributed by atoms with Gasteiger partial charge in [0.15, 0.2) is 5.96 Å². The molecule has 2 atom stereocenters. The first-order valence-electron chi connectivity index (χ1n) is 8.28. The second-order valence-corrected chi connectivity index (χ2v) is 7.09. The molecule has 0 spiro atoms. The van der Waals surface area contributed by atoms with Gasteiger partial charge in [-0.25, -0.2) is 4.98 Å². The summed E-state index contributed by atoms with van der Waals surface area (Å²) in [6, 6.07) is 10.4. The first-order valence-corrected chi connectivity index (χ1v) is 9.57. The van der Waals surface area contributed by atoms with Crippen molar-refractivity contribution in [1.29, 1.82) is 0 Å². The van der Waals surface area contributed by atoms with Gasteiger partial charge in [-0.1, -0.05) is 18.2 Å². The number of rotatable bonds is 5. The Kier molecular flexibility index (Phi) is 8.08. The lowest BCUT2D eigenvalue weighted by molar-refractivity contribution is 0.571. The van der Waals surface area contributed by atoms with Crippen LogP contribution in [0.5, 0.6) is 0 Å². The standard InChI is InChI=1S/C18H24N4OS.HI/c1-19-18(22-14-8-9-16(10-14)24-2)20-11-15-12-23-17(21-15)13-6-4-3-5-7-13;/h3-7,12,14,16H,8-11H2,1-2H3,(H2,19,20,22);1H. The number of guanidine groups is 1. The first kappa shape index (κ1) is 20.1. The van der Waals surface area contributed by atoms with Crippen molar-refractivity contribution < 1.29 is 4.42 Å². The number of aromatic nitrogens is 1. The summed E-state index contributed by atoms with van der Waals surface area (Å²) in [5.74, 6) is 1.47. The Morgan fingerprint density at radius 1 is 1.32 bits per heavy atom. The van der Waals surface area contributed by atoms with Crippen molar-refractivity contribution in [2.24, 2.45) is 4.99 Å². The Morgan fingerprint density at radius 3 is 2.80 bits per heavy atom. The molecule has 1 saturated carbocycles. The predicted octanol–water partition coefficient (Wildman–Crippen LogP) is 3.91. The SMILES string of the molecule is CN=C(NCc1coc(-c2ccccc2)n1)NC1CCC(SC)C1.I. The van der Waals surface area contributed by atoms with Crippen molar-refractivity contribution in [2.75, 3.05) is 13.3 Å². The highest BCUT2D eigenvalue weighted by Crippen LogP contribution is 2.28. The predicted molar refractivity (Wildman–Crippen MR) is 116 cm³/mol. The average Bonchev–Trinajstić information content (AvgIpc) is 3.28. The third-order valence-corrected chi connectivity index (χ3v) is 5.39. The van der Waals surface area contributed by atoms with Gasteiger partial charge < -0.3 is 15.1 Å². The number of halogens is 1. The zero-order chi connectivity index (χ0) is 16.8. The Bertz CT molecular complexity index is 677. The largest absolute Gasteiger partial charge is 0.444 e. The number of aliphatic imine (C=N–C) groups is 1.